The fourth-order valence-corrected chi connectivity index (χ4v) is 6.39. The van der Waals surface area contributed by atoms with Gasteiger partial charge in [-0.15, -0.1) is 27.8 Å². The van der Waals surface area contributed by atoms with Gasteiger partial charge >= 0.3 is 17.1 Å². The number of aliphatic carboxylic acids is 2. The number of carboxylic acids is 2. The number of nitrogen functional groups attached to an aromatic ring is 3. The summed E-state index contributed by atoms with van der Waals surface area (Å²) in [6, 6.07) is 0.441. The lowest BCUT2D eigenvalue weighted by molar-refractivity contribution is -0.682. The highest BCUT2D eigenvalue weighted by Gasteiger charge is 2.54. The van der Waals surface area contributed by atoms with E-state index in [1.807, 2.05) is 0 Å². The van der Waals surface area contributed by atoms with Crippen LogP contribution in [0.25, 0.3) is 0 Å². The maximum atomic E-state index is 13.0. The molecule has 4 heterocycles. The first kappa shape index (κ1) is 26.9. The molecule has 2 atom stereocenters. The van der Waals surface area contributed by atoms with E-state index in [-0.39, 0.29) is 39.6 Å². The molecular formula is C19H20N9O7S3+. The Morgan fingerprint density at radius 2 is 2.08 bits per heavy atom. The Bertz CT molecular complexity index is 1380. The van der Waals surface area contributed by atoms with Crippen LogP contribution in [-0.4, -0.2) is 84.1 Å². The van der Waals surface area contributed by atoms with Gasteiger partial charge in [0.05, 0.1) is 0 Å². The number of nitrogens with zero attached hydrogens (tertiary/aromatic N) is 5. The van der Waals surface area contributed by atoms with Crippen LogP contribution in [0.1, 0.15) is 5.69 Å². The number of hydrogen-bond acceptors (Lipinski definition) is 14. The summed E-state index contributed by atoms with van der Waals surface area (Å²) in [7, 11) is 0. The van der Waals surface area contributed by atoms with Crippen LogP contribution in [-0.2, 0) is 24.0 Å². The Morgan fingerprint density at radius 1 is 1.32 bits per heavy atom. The van der Waals surface area contributed by atoms with E-state index in [2.05, 4.69) is 20.4 Å². The van der Waals surface area contributed by atoms with E-state index in [1.54, 1.807) is 0 Å². The molecule has 0 bridgehead atoms. The van der Waals surface area contributed by atoms with E-state index in [4.69, 9.17) is 27.3 Å². The lowest BCUT2D eigenvalue weighted by Crippen LogP contribution is -2.71. The van der Waals surface area contributed by atoms with E-state index < -0.39 is 41.8 Å². The molecule has 0 radical (unpaired) electrons. The van der Waals surface area contributed by atoms with Gasteiger partial charge in [0.2, 0.25) is 12.4 Å². The number of carbonyl (C=O) groups excluding carboxylic acids is 2. The van der Waals surface area contributed by atoms with Gasteiger partial charge in [0.1, 0.15) is 29.0 Å². The molecule has 19 heteroatoms. The van der Waals surface area contributed by atoms with Crippen molar-refractivity contribution in [3.63, 3.8) is 0 Å². The molecule has 1 unspecified atom stereocenters. The van der Waals surface area contributed by atoms with Gasteiger partial charge in [0.15, 0.2) is 10.8 Å². The maximum Gasteiger partial charge on any atom is 0.384 e. The summed E-state index contributed by atoms with van der Waals surface area (Å²) in [6.45, 7) is -0.812. The summed E-state index contributed by atoms with van der Waals surface area (Å²) in [5, 5.41) is 25.9. The van der Waals surface area contributed by atoms with E-state index in [0.717, 1.165) is 28.0 Å². The molecule has 2 aromatic heterocycles. The number of carbonyl (C=O) groups is 4. The normalized spacial score (nSPS) is 19.0. The van der Waals surface area contributed by atoms with E-state index in [0.29, 0.717) is 10.7 Å². The average molecular weight is 583 g/mol. The Hall–Kier alpha value is -4.10. The number of hydrogen-bond donors (Lipinski definition) is 6. The van der Waals surface area contributed by atoms with Crippen molar-refractivity contribution in [1.82, 2.24) is 20.2 Å². The Balaban J connectivity index is 1.50. The molecule has 2 aliphatic heterocycles. The van der Waals surface area contributed by atoms with Crippen molar-refractivity contribution in [2.75, 3.05) is 35.4 Å². The van der Waals surface area contributed by atoms with Crippen LogP contribution in [0.5, 0.6) is 0 Å². The monoisotopic (exact) mass is 582 g/mol. The number of amides is 2. The summed E-state index contributed by atoms with van der Waals surface area (Å²) < 4.78 is 1.25. The first-order valence-electron chi connectivity index (χ1n) is 10.5. The highest BCUT2D eigenvalue weighted by molar-refractivity contribution is 8.01. The largest absolute Gasteiger partial charge is 0.479 e. The van der Waals surface area contributed by atoms with Crippen molar-refractivity contribution in [1.29, 1.82) is 0 Å². The minimum absolute atomic E-state index is 0.0213. The Labute approximate surface area is 225 Å². The van der Waals surface area contributed by atoms with Crippen LogP contribution in [0, 0.1) is 0 Å². The van der Waals surface area contributed by atoms with Gasteiger partial charge in [-0.25, -0.2) is 14.6 Å². The van der Waals surface area contributed by atoms with Gasteiger partial charge in [-0.05, 0) is 22.3 Å². The van der Waals surface area contributed by atoms with Gasteiger partial charge in [0.25, 0.3) is 11.8 Å². The van der Waals surface area contributed by atoms with Crippen molar-refractivity contribution in [3.8, 4) is 0 Å². The molecule has 1 saturated heterocycles. The highest BCUT2D eigenvalue weighted by Crippen LogP contribution is 2.41. The number of carboxylic acid groups (broad SMARTS) is 2. The lowest BCUT2D eigenvalue weighted by atomic mass is 10.0. The van der Waals surface area contributed by atoms with Crippen molar-refractivity contribution in [2.24, 2.45) is 5.16 Å². The third-order valence-corrected chi connectivity index (χ3v) is 8.15. The minimum atomic E-state index is -1.32. The molecule has 0 spiro atoms. The number of aromatic nitrogens is 3. The first-order chi connectivity index (χ1) is 18.1. The zero-order chi connectivity index (χ0) is 27.6. The van der Waals surface area contributed by atoms with Gasteiger partial charge in [-0.3, -0.25) is 20.3 Å². The highest BCUT2D eigenvalue weighted by atomic mass is 32.2. The molecule has 4 rings (SSSR count). The zero-order valence-corrected chi connectivity index (χ0v) is 21.6. The van der Waals surface area contributed by atoms with Crippen LogP contribution < -0.4 is 27.3 Å². The summed E-state index contributed by atoms with van der Waals surface area (Å²) >= 11 is 3.44. The fraction of sp³-hybridized carbons (Fsp3) is 0.263. The number of oxime groups is 1. The predicted molar refractivity (Wildman–Crippen MR) is 136 cm³/mol. The Morgan fingerprint density at radius 3 is 2.74 bits per heavy atom. The first-order valence-corrected chi connectivity index (χ1v) is 13.4. The average Bonchev–Trinajstić information content (AvgIpc) is 3.30. The topological polar surface area (TPSA) is 253 Å². The maximum absolute atomic E-state index is 13.0. The van der Waals surface area contributed by atoms with Crippen LogP contribution in [0.15, 0.2) is 39.2 Å². The quantitative estimate of drug-likeness (QED) is 0.0338. The molecule has 2 amide bonds. The van der Waals surface area contributed by atoms with Crippen LogP contribution in [0.4, 0.5) is 10.9 Å². The number of anilines is 2. The summed E-state index contributed by atoms with van der Waals surface area (Å²) in [5.41, 5.74) is 11.2. The van der Waals surface area contributed by atoms with Crippen molar-refractivity contribution in [2.45, 2.75) is 16.6 Å². The molecule has 0 aromatic carbocycles. The molecule has 38 heavy (non-hydrogen) atoms. The number of rotatable bonds is 10. The predicted octanol–water partition coefficient (Wildman–Crippen LogP) is -1.96. The van der Waals surface area contributed by atoms with Gasteiger partial charge < -0.3 is 31.8 Å². The molecule has 16 nitrogen and oxygen atoms in total. The summed E-state index contributed by atoms with van der Waals surface area (Å²) in [4.78, 5) is 62.7. The summed E-state index contributed by atoms with van der Waals surface area (Å²) in [5.74, 6) is 2.39. The van der Waals surface area contributed by atoms with Gasteiger partial charge in [0, 0.05) is 23.0 Å². The number of thioether (sulfide) groups is 2. The van der Waals surface area contributed by atoms with Crippen molar-refractivity contribution < 1.29 is 38.9 Å². The number of fused-ring (bicyclic) bond motifs is 1. The minimum Gasteiger partial charge on any atom is -0.479 e. The number of thiazole rings is 1. The van der Waals surface area contributed by atoms with Crippen LogP contribution in [0.2, 0.25) is 0 Å². The molecule has 1 fully saturated rings. The molecule has 0 aliphatic carbocycles. The number of nitrogens with one attached hydrogen (secondary N) is 1. The van der Waals surface area contributed by atoms with Crippen LogP contribution in [0.3, 0.4) is 0 Å². The zero-order valence-electron chi connectivity index (χ0n) is 19.1. The lowest BCUT2D eigenvalue weighted by Gasteiger charge is -2.49. The molecular weight excluding hydrogens is 562 g/mol. The molecule has 200 valence electrons. The van der Waals surface area contributed by atoms with Gasteiger partial charge in [-0.2, -0.15) is 0 Å². The smallest absolute Gasteiger partial charge is 0.384 e. The second-order valence-corrected chi connectivity index (χ2v) is 10.6. The van der Waals surface area contributed by atoms with Crippen molar-refractivity contribution >= 4 is 75.3 Å². The third kappa shape index (κ3) is 5.58. The second-order valence-electron chi connectivity index (χ2n) is 7.63. The summed E-state index contributed by atoms with van der Waals surface area (Å²) in [6.07, 6.45) is 1.51. The van der Waals surface area contributed by atoms with Crippen LogP contribution >= 0.6 is 34.9 Å². The molecule has 9 N–H and O–H groups in total. The van der Waals surface area contributed by atoms with Crippen molar-refractivity contribution in [3.05, 3.63) is 34.6 Å². The second kappa shape index (κ2) is 11.1. The van der Waals surface area contributed by atoms with E-state index >= 15 is 0 Å². The molecule has 2 aliphatic rings. The standard InChI is InChI=1S/C19H19N9O7S3/c20-9-1-2-27(22)19(24-9)38-5-7-4-36-16-12(15(32)28(16)13(7)17(33)34)25-14(31)11(26-35-3-10(29)30)8-6-37-18(21)23-8/h1-2,6,12,16,20H,3-5,22H2,(H5,21,23,25,29,30,31,33,34)/p+1/b26-11-/t12?,16-/m1/s1. The van der Waals surface area contributed by atoms with E-state index in [9.17, 15) is 24.3 Å². The fourth-order valence-electron chi connectivity index (χ4n) is 3.44. The number of nitrogens with two attached hydrogens (primary N) is 3. The SMILES string of the molecule is Nc1cc[n+](N)c(SCC2=C(C(=O)O)N3C(=O)C(NC(=O)/C(=N\OCC(=O)O)c4csc(N)n4)[C@H]3SC2)n1. The van der Waals surface area contributed by atoms with Gasteiger partial charge in [-0.1, -0.05) is 5.16 Å². The molecule has 0 saturated carbocycles. The third-order valence-electron chi connectivity index (χ3n) is 5.09. The molecule has 2 aromatic rings. The Kier molecular flexibility index (Phi) is 7.88. The van der Waals surface area contributed by atoms with E-state index in [1.165, 1.54) is 34.1 Å². The number of β-lactam (4-membered cyclic amide) rings is 1.